The number of hydrogen-bond donors (Lipinski definition) is 1. The van der Waals surface area contributed by atoms with Crippen LogP contribution < -0.4 is 10.1 Å². The third-order valence-electron chi connectivity index (χ3n) is 4.88. The number of amides is 3. The normalized spacial score (nSPS) is 12.8. The number of aryl methyl sites for hydroxylation is 1. The van der Waals surface area contributed by atoms with Crippen molar-refractivity contribution in [2.75, 3.05) is 19.7 Å². The minimum Gasteiger partial charge on any atom is -0.494 e. The Morgan fingerprint density at radius 3 is 2.31 bits per heavy atom. The lowest BCUT2D eigenvalue weighted by Gasteiger charge is -2.13. The van der Waals surface area contributed by atoms with E-state index >= 15 is 0 Å². The summed E-state index contributed by atoms with van der Waals surface area (Å²) >= 11 is 0. The molecule has 0 fully saturated rings. The summed E-state index contributed by atoms with van der Waals surface area (Å²) in [6, 6.07) is 14.7. The smallest absolute Gasteiger partial charge is 0.261 e. The molecule has 2 aromatic carbocycles. The molecule has 6 nitrogen and oxygen atoms in total. The summed E-state index contributed by atoms with van der Waals surface area (Å²) in [5, 5.41) is 2.90. The van der Waals surface area contributed by atoms with Gasteiger partial charge in [0.25, 0.3) is 11.8 Å². The fourth-order valence-electron chi connectivity index (χ4n) is 3.44. The Labute approximate surface area is 170 Å². The number of ether oxygens (including phenoxy) is 1. The molecule has 3 amide bonds. The third kappa shape index (κ3) is 5.02. The molecule has 2 aromatic rings. The molecule has 1 aliphatic rings. The van der Waals surface area contributed by atoms with Gasteiger partial charge in [-0.25, -0.2) is 0 Å². The second-order valence-corrected chi connectivity index (χ2v) is 6.91. The molecule has 6 heteroatoms. The highest BCUT2D eigenvalue weighted by Crippen LogP contribution is 2.22. The fourth-order valence-corrected chi connectivity index (χ4v) is 3.44. The molecular formula is C23H26N2O4. The first kappa shape index (κ1) is 20.6. The van der Waals surface area contributed by atoms with Crippen LogP contribution >= 0.6 is 0 Å². The standard InChI is InChI=1S/C23H26N2O4/c1-2-29-20-13-6-3-9-17(20)10-7-15-24-21(26)14-8-16-25-22(27)18-11-4-5-12-19(18)23(25)28/h3-6,9,11-13H,2,7-8,10,14-16H2,1H3,(H,24,26). The van der Waals surface area contributed by atoms with E-state index in [0.717, 1.165) is 24.2 Å². The number of carbonyl (C=O) groups excluding carboxylic acids is 3. The Balaban J connectivity index is 1.36. The topological polar surface area (TPSA) is 75.7 Å². The van der Waals surface area contributed by atoms with Crippen LogP contribution in [0.15, 0.2) is 48.5 Å². The molecule has 0 spiro atoms. The van der Waals surface area contributed by atoms with E-state index in [4.69, 9.17) is 4.74 Å². The second-order valence-electron chi connectivity index (χ2n) is 6.91. The molecule has 1 heterocycles. The summed E-state index contributed by atoms with van der Waals surface area (Å²) in [5.41, 5.74) is 2.01. The van der Waals surface area contributed by atoms with Crippen LogP contribution in [0.25, 0.3) is 0 Å². The minimum atomic E-state index is -0.279. The Morgan fingerprint density at radius 2 is 1.62 bits per heavy atom. The van der Waals surface area contributed by atoms with Crippen molar-refractivity contribution in [3.63, 3.8) is 0 Å². The number of benzene rings is 2. The lowest BCUT2D eigenvalue weighted by atomic mass is 10.1. The van der Waals surface area contributed by atoms with Crippen molar-refractivity contribution in [2.45, 2.75) is 32.6 Å². The van der Waals surface area contributed by atoms with Gasteiger partial charge in [-0.15, -0.1) is 0 Å². The van der Waals surface area contributed by atoms with Gasteiger partial charge in [0.1, 0.15) is 5.75 Å². The van der Waals surface area contributed by atoms with Crippen LogP contribution in [-0.2, 0) is 11.2 Å². The van der Waals surface area contributed by atoms with Crippen LogP contribution in [0.3, 0.4) is 0 Å². The molecule has 1 N–H and O–H groups in total. The summed E-state index contributed by atoms with van der Waals surface area (Å²) in [6.07, 6.45) is 2.37. The number of imide groups is 1. The Morgan fingerprint density at radius 1 is 0.966 bits per heavy atom. The molecule has 3 rings (SSSR count). The van der Waals surface area contributed by atoms with E-state index in [1.54, 1.807) is 24.3 Å². The van der Waals surface area contributed by atoms with E-state index in [9.17, 15) is 14.4 Å². The van der Waals surface area contributed by atoms with E-state index in [1.165, 1.54) is 4.90 Å². The van der Waals surface area contributed by atoms with E-state index in [0.29, 0.717) is 30.7 Å². The molecule has 0 aromatic heterocycles. The summed E-state index contributed by atoms with van der Waals surface area (Å²) in [7, 11) is 0. The van der Waals surface area contributed by atoms with Crippen LogP contribution in [-0.4, -0.2) is 42.3 Å². The third-order valence-corrected chi connectivity index (χ3v) is 4.88. The van der Waals surface area contributed by atoms with Crippen LogP contribution in [0.5, 0.6) is 5.75 Å². The maximum atomic E-state index is 12.3. The predicted molar refractivity (Wildman–Crippen MR) is 110 cm³/mol. The first-order valence-corrected chi connectivity index (χ1v) is 10.0. The molecule has 29 heavy (non-hydrogen) atoms. The van der Waals surface area contributed by atoms with E-state index in [-0.39, 0.29) is 30.7 Å². The van der Waals surface area contributed by atoms with Crippen LogP contribution in [0.2, 0.25) is 0 Å². The van der Waals surface area contributed by atoms with Crippen molar-refractivity contribution in [3.8, 4) is 5.75 Å². The first-order valence-electron chi connectivity index (χ1n) is 10.0. The quantitative estimate of drug-likeness (QED) is 0.496. The van der Waals surface area contributed by atoms with Crippen molar-refractivity contribution in [1.29, 1.82) is 0 Å². The molecule has 0 saturated carbocycles. The summed E-state index contributed by atoms with van der Waals surface area (Å²) in [4.78, 5) is 37.9. The van der Waals surface area contributed by atoms with Gasteiger partial charge in [-0.3, -0.25) is 19.3 Å². The van der Waals surface area contributed by atoms with Crippen molar-refractivity contribution in [2.24, 2.45) is 0 Å². The second kappa shape index (κ2) is 9.87. The van der Waals surface area contributed by atoms with Crippen LogP contribution in [0, 0.1) is 0 Å². The lowest BCUT2D eigenvalue weighted by molar-refractivity contribution is -0.121. The van der Waals surface area contributed by atoms with Gasteiger partial charge in [-0.1, -0.05) is 30.3 Å². The Hall–Kier alpha value is -3.15. The van der Waals surface area contributed by atoms with E-state index in [2.05, 4.69) is 5.32 Å². The molecule has 0 bridgehead atoms. The molecule has 0 atom stereocenters. The van der Waals surface area contributed by atoms with Gasteiger partial charge < -0.3 is 10.1 Å². The van der Waals surface area contributed by atoms with Crippen molar-refractivity contribution in [1.82, 2.24) is 10.2 Å². The largest absolute Gasteiger partial charge is 0.494 e. The van der Waals surface area contributed by atoms with Gasteiger partial charge in [-0.2, -0.15) is 0 Å². The molecule has 152 valence electrons. The Bertz CT molecular complexity index is 859. The van der Waals surface area contributed by atoms with Gasteiger partial charge in [0.15, 0.2) is 0 Å². The zero-order chi connectivity index (χ0) is 20.6. The molecule has 0 aliphatic carbocycles. The highest BCUT2D eigenvalue weighted by Gasteiger charge is 2.34. The number of rotatable bonds is 10. The number of fused-ring (bicyclic) bond motifs is 1. The summed E-state index contributed by atoms with van der Waals surface area (Å²) in [5.74, 6) is 0.264. The molecule has 0 saturated heterocycles. The molecule has 0 unspecified atom stereocenters. The number of nitrogens with one attached hydrogen (secondary N) is 1. The van der Waals surface area contributed by atoms with Crippen molar-refractivity contribution < 1.29 is 19.1 Å². The number of nitrogens with zero attached hydrogens (tertiary/aromatic N) is 1. The van der Waals surface area contributed by atoms with Crippen molar-refractivity contribution in [3.05, 3.63) is 65.2 Å². The van der Waals surface area contributed by atoms with Gasteiger partial charge in [-0.05, 0) is 49.9 Å². The monoisotopic (exact) mass is 394 g/mol. The van der Waals surface area contributed by atoms with E-state index < -0.39 is 0 Å². The van der Waals surface area contributed by atoms with Gasteiger partial charge in [0.2, 0.25) is 5.91 Å². The minimum absolute atomic E-state index is 0.0697. The maximum Gasteiger partial charge on any atom is 0.261 e. The van der Waals surface area contributed by atoms with Gasteiger partial charge in [0.05, 0.1) is 17.7 Å². The van der Waals surface area contributed by atoms with Gasteiger partial charge >= 0.3 is 0 Å². The molecule has 0 radical (unpaired) electrons. The number of carbonyl (C=O) groups is 3. The SMILES string of the molecule is CCOc1ccccc1CCCNC(=O)CCCN1C(=O)c2ccccc2C1=O. The lowest BCUT2D eigenvalue weighted by Crippen LogP contribution is -2.32. The highest BCUT2D eigenvalue weighted by atomic mass is 16.5. The summed E-state index contributed by atoms with van der Waals surface area (Å²) < 4.78 is 5.61. The molecular weight excluding hydrogens is 368 g/mol. The average molecular weight is 394 g/mol. The Kier molecular flexibility index (Phi) is 7.00. The number of para-hydroxylation sites is 1. The van der Waals surface area contributed by atoms with Crippen LogP contribution in [0.1, 0.15) is 52.5 Å². The fraction of sp³-hybridized carbons (Fsp3) is 0.348. The zero-order valence-electron chi connectivity index (χ0n) is 16.6. The van der Waals surface area contributed by atoms with Gasteiger partial charge in [0, 0.05) is 19.5 Å². The predicted octanol–water partition coefficient (Wildman–Crippen LogP) is 3.21. The number of hydrogen-bond acceptors (Lipinski definition) is 4. The highest BCUT2D eigenvalue weighted by molar-refractivity contribution is 6.21. The van der Waals surface area contributed by atoms with Crippen molar-refractivity contribution >= 4 is 17.7 Å². The molecule has 1 aliphatic heterocycles. The first-order chi connectivity index (χ1) is 14.1. The van der Waals surface area contributed by atoms with Crippen LogP contribution in [0.4, 0.5) is 0 Å². The summed E-state index contributed by atoms with van der Waals surface area (Å²) in [6.45, 7) is 3.41. The van der Waals surface area contributed by atoms with E-state index in [1.807, 2.05) is 31.2 Å². The average Bonchev–Trinajstić information content (AvgIpc) is 2.97. The maximum absolute atomic E-state index is 12.3. The zero-order valence-corrected chi connectivity index (χ0v) is 16.6.